The molecule has 0 unspecified atom stereocenters. The molecule has 1 aliphatic heterocycles. The Morgan fingerprint density at radius 2 is 1.56 bits per heavy atom. The molecule has 1 N–H and O–H groups in total. The lowest BCUT2D eigenvalue weighted by Crippen LogP contribution is -2.32. The number of nitrogens with one attached hydrogen (secondary N) is 1. The first-order valence-electron chi connectivity index (χ1n) is 10.2. The third-order valence-electron chi connectivity index (χ3n) is 5.43. The summed E-state index contributed by atoms with van der Waals surface area (Å²) in [5.41, 5.74) is 4.29. The first-order chi connectivity index (χ1) is 15.4. The van der Waals surface area contributed by atoms with E-state index in [1.165, 1.54) is 14.2 Å². The zero-order valence-corrected chi connectivity index (χ0v) is 18.4. The van der Waals surface area contributed by atoms with E-state index in [0.717, 1.165) is 21.7 Å². The van der Waals surface area contributed by atoms with Gasteiger partial charge >= 0.3 is 0 Å². The number of aryl methyl sites for hydroxylation is 2. The number of hydrogen-bond donors (Lipinski definition) is 1. The Balaban J connectivity index is 1.87. The van der Waals surface area contributed by atoms with Gasteiger partial charge in [0.1, 0.15) is 17.2 Å². The van der Waals surface area contributed by atoms with Crippen molar-refractivity contribution in [2.45, 2.75) is 13.8 Å². The normalized spacial score (nSPS) is 13.6. The van der Waals surface area contributed by atoms with Gasteiger partial charge in [-0.25, -0.2) is 4.90 Å². The van der Waals surface area contributed by atoms with Gasteiger partial charge in [-0.15, -0.1) is 0 Å². The molecule has 0 aromatic heterocycles. The number of anilines is 2. The van der Waals surface area contributed by atoms with E-state index in [9.17, 15) is 9.59 Å². The number of rotatable bonds is 6. The van der Waals surface area contributed by atoms with Crippen LogP contribution in [0.15, 0.2) is 72.4 Å². The number of nitrogens with zero attached hydrogens (tertiary/aromatic N) is 1. The smallest absolute Gasteiger partial charge is 0.282 e. The van der Waals surface area contributed by atoms with E-state index in [2.05, 4.69) is 5.32 Å². The van der Waals surface area contributed by atoms with Crippen molar-refractivity contribution >= 4 is 28.8 Å². The summed E-state index contributed by atoms with van der Waals surface area (Å²) in [7, 11) is 3.03. The highest BCUT2D eigenvalue weighted by Crippen LogP contribution is 2.39. The molecule has 0 saturated carbocycles. The Kier molecular flexibility index (Phi) is 5.69. The number of hydrogen-bond acceptors (Lipinski definition) is 5. The molecule has 4 rings (SSSR count). The monoisotopic (exact) mass is 428 g/mol. The van der Waals surface area contributed by atoms with Crippen LogP contribution in [0.25, 0.3) is 5.57 Å². The molecule has 2 amide bonds. The van der Waals surface area contributed by atoms with Crippen molar-refractivity contribution in [3.05, 3.63) is 89.1 Å². The van der Waals surface area contributed by atoms with Crippen LogP contribution in [0.5, 0.6) is 11.5 Å². The Morgan fingerprint density at radius 3 is 2.25 bits per heavy atom. The molecule has 0 aliphatic carbocycles. The van der Waals surface area contributed by atoms with Crippen molar-refractivity contribution in [2.24, 2.45) is 0 Å². The van der Waals surface area contributed by atoms with Crippen LogP contribution in [0.4, 0.5) is 11.4 Å². The van der Waals surface area contributed by atoms with Crippen LogP contribution in [-0.2, 0) is 9.59 Å². The summed E-state index contributed by atoms with van der Waals surface area (Å²) < 4.78 is 10.8. The van der Waals surface area contributed by atoms with Gasteiger partial charge in [-0.05, 0) is 48.7 Å². The minimum Gasteiger partial charge on any atom is -0.497 e. The van der Waals surface area contributed by atoms with Crippen molar-refractivity contribution in [3.8, 4) is 11.5 Å². The predicted octanol–water partition coefficient (Wildman–Crippen LogP) is 4.72. The van der Waals surface area contributed by atoms with Crippen LogP contribution in [0.1, 0.15) is 16.7 Å². The fourth-order valence-corrected chi connectivity index (χ4v) is 3.71. The van der Waals surface area contributed by atoms with E-state index < -0.39 is 11.8 Å². The summed E-state index contributed by atoms with van der Waals surface area (Å²) in [6, 6.07) is 20.1. The summed E-state index contributed by atoms with van der Waals surface area (Å²) in [5, 5.41) is 3.24. The Morgan fingerprint density at radius 1 is 0.812 bits per heavy atom. The van der Waals surface area contributed by atoms with E-state index in [0.29, 0.717) is 28.3 Å². The molecular weight excluding hydrogens is 404 g/mol. The van der Waals surface area contributed by atoms with Crippen molar-refractivity contribution in [3.63, 3.8) is 0 Å². The maximum atomic E-state index is 13.7. The molecule has 3 aromatic carbocycles. The predicted molar refractivity (Wildman–Crippen MR) is 125 cm³/mol. The quantitative estimate of drug-likeness (QED) is 0.576. The number of carbonyl (C=O) groups is 2. The summed E-state index contributed by atoms with van der Waals surface area (Å²) in [4.78, 5) is 28.4. The molecule has 0 atom stereocenters. The van der Waals surface area contributed by atoms with Gasteiger partial charge in [-0.2, -0.15) is 0 Å². The van der Waals surface area contributed by atoms with Gasteiger partial charge in [-0.1, -0.05) is 42.5 Å². The summed E-state index contributed by atoms with van der Waals surface area (Å²) in [5.74, 6) is 0.0216. The minimum absolute atomic E-state index is 0.222. The zero-order valence-electron chi connectivity index (χ0n) is 18.4. The van der Waals surface area contributed by atoms with E-state index in [4.69, 9.17) is 9.47 Å². The van der Waals surface area contributed by atoms with Crippen molar-refractivity contribution in [1.29, 1.82) is 0 Å². The van der Waals surface area contributed by atoms with Crippen molar-refractivity contribution in [2.75, 3.05) is 24.4 Å². The van der Waals surface area contributed by atoms with E-state index in [1.54, 1.807) is 18.2 Å². The minimum atomic E-state index is -0.457. The van der Waals surface area contributed by atoms with Crippen LogP contribution in [0.2, 0.25) is 0 Å². The van der Waals surface area contributed by atoms with Crippen molar-refractivity contribution in [1.82, 2.24) is 0 Å². The summed E-state index contributed by atoms with van der Waals surface area (Å²) in [6.45, 7) is 3.93. The molecular formula is C26H24N2O4. The van der Waals surface area contributed by atoms with Gasteiger partial charge in [0, 0.05) is 11.8 Å². The maximum Gasteiger partial charge on any atom is 0.282 e. The van der Waals surface area contributed by atoms with Gasteiger partial charge in [0.2, 0.25) is 0 Å². The Hall–Kier alpha value is -4.06. The lowest BCUT2D eigenvalue weighted by molar-refractivity contribution is -0.120. The fourth-order valence-electron chi connectivity index (χ4n) is 3.71. The fraction of sp³-hybridized carbons (Fsp3) is 0.154. The van der Waals surface area contributed by atoms with E-state index >= 15 is 0 Å². The molecule has 0 spiro atoms. The molecule has 3 aromatic rings. The molecule has 1 aliphatic rings. The van der Waals surface area contributed by atoms with Gasteiger partial charge in [0.05, 0.1) is 25.5 Å². The molecule has 1 heterocycles. The number of imide groups is 1. The highest BCUT2D eigenvalue weighted by Gasteiger charge is 2.41. The second kappa shape index (κ2) is 8.59. The molecule has 6 nitrogen and oxygen atoms in total. The number of carbonyl (C=O) groups excluding carboxylic acids is 2. The SMILES string of the molecule is COc1ccc(OC)c(N2C(=O)C(Nc3cc(C)ccc3C)=C(c3ccccc3)C2=O)c1. The zero-order chi connectivity index (χ0) is 22.8. The van der Waals surface area contributed by atoms with Crippen LogP contribution in [0, 0.1) is 13.8 Å². The van der Waals surface area contributed by atoms with Gasteiger partial charge < -0.3 is 14.8 Å². The van der Waals surface area contributed by atoms with E-state index in [-0.39, 0.29) is 5.70 Å². The van der Waals surface area contributed by atoms with Gasteiger partial charge in [0.25, 0.3) is 11.8 Å². The molecule has 162 valence electrons. The molecule has 32 heavy (non-hydrogen) atoms. The molecule has 0 bridgehead atoms. The number of methoxy groups -OCH3 is 2. The Bertz CT molecular complexity index is 1230. The number of ether oxygens (including phenoxy) is 2. The van der Waals surface area contributed by atoms with Gasteiger partial charge in [-0.3, -0.25) is 9.59 Å². The van der Waals surface area contributed by atoms with Crippen LogP contribution < -0.4 is 19.7 Å². The molecule has 0 radical (unpaired) electrons. The summed E-state index contributed by atoms with van der Waals surface area (Å²) >= 11 is 0. The second-order valence-corrected chi connectivity index (χ2v) is 7.54. The topological polar surface area (TPSA) is 67.9 Å². The summed E-state index contributed by atoms with van der Waals surface area (Å²) in [6.07, 6.45) is 0. The standard InChI is InChI=1S/C26H24N2O4/c1-16-10-11-17(2)20(14-16)27-24-23(18-8-6-5-7-9-18)25(29)28(26(24)30)21-15-19(31-3)12-13-22(21)32-4/h5-15,27H,1-4H3. The molecule has 0 saturated heterocycles. The lowest BCUT2D eigenvalue weighted by atomic mass is 10.0. The highest BCUT2D eigenvalue weighted by atomic mass is 16.5. The van der Waals surface area contributed by atoms with Crippen LogP contribution in [-0.4, -0.2) is 26.0 Å². The van der Waals surface area contributed by atoms with E-state index in [1.807, 2.05) is 62.4 Å². The Labute approximate surface area is 187 Å². The van der Waals surface area contributed by atoms with Crippen LogP contribution in [0.3, 0.4) is 0 Å². The first kappa shape index (κ1) is 21.2. The third-order valence-corrected chi connectivity index (χ3v) is 5.43. The van der Waals surface area contributed by atoms with Crippen molar-refractivity contribution < 1.29 is 19.1 Å². The molecule has 6 heteroatoms. The average molecular weight is 428 g/mol. The van der Waals surface area contributed by atoms with Crippen LogP contribution >= 0.6 is 0 Å². The number of benzene rings is 3. The lowest BCUT2D eigenvalue weighted by Gasteiger charge is -2.19. The third kappa shape index (κ3) is 3.71. The second-order valence-electron chi connectivity index (χ2n) is 7.54. The molecule has 0 fully saturated rings. The highest BCUT2D eigenvalue weighted by molar-refractivity contribution is 6.46. The number of amides is 2. The van der Waals surface area contributed by atoms with Gasteiger partial charge in [0.15, 0.2) is 0 Å². The largest absolute Gasteiger partial charge is 0.497 e. The average Bonchev–Trinajstić information content (AvgIpc) is 3.05. The maximum absolute atomic E-state index is 13.7. The first-order valence-corrected chi connectivity index (χ1v) is 10.2.